The first kappa shape index (κ1) is 16.4. The van der Waals surface area contributed by atoms with Crippen LogP contribution in [0.4, 0.5) is 0 Å². The van der Waals surface area contributed by atoms with Gasteiger partial charge in [0.05, 0.1) is 5.02 Å². The number of ether oxygens (including phenoxy) is 1. The van der Waals surface area contributed by atoms with Crippen LogP contribution >= 0.6 is 23.4 Å². The van der Waals surface area contributed by atoms with Crippen LogP contribution in [-0.2, 0) is 6.42 Å². The van der Waals surface area contributed by atoms with Crippen molar-refractivity contribution in [3.63, 3.8) is 0 Å². The molecule has 1 unspecified atom stereocenters. The third kappa shape index (κ3) is 4.79. The summed E-state index contributed by atoms with van der Waals surface area (Å²) in [6.07, 6.45) is 3.77. The van der Waals surface area contributed by atoms with Crippen molar-refractivity contribution >= 4 is 23.4 Å². The molecule has 0 aliphatic carbocycles. The number of nitrogens with one attached hydrogen (secondary N) is 1. The van der Waals surface area contributed by atoms with Crippen molar-refractivity contribution in [2.75, 3.05) is 44.2 Å². The average molecular weight is 341 g/mol. The summed E-state index contributed by atoms with van der Waals surface area (Å²) in [6, 6.07) is 6.29. The molecule has 2 fully saturated rings. The summed E-state index contributed by atoms with van der Waals surface area (Å²) >= 11 is 8.39. The first-order valence-corrected chi connectivity index (χ1v) is 9.80. The van der Waals surface area contributed by atoms with Crippen LogP contribution in [0.2, 0.25) is 5.02 Å². The fraction of sp³-hybridized carbons (Fsp3) is 0.647. The number of piperazine rings is 1. The van der Waals surface area contributed by atoms with Gasteiger partial charge in [-0.15, -0.1) is 0 Å². The Morgan fingerprint density at radius 3 is 2.91 bits per heavy atom. The first-order chi connectivity index (χ1) is 10.8. The molecule has 2 aliphatic heterocycles. The number of thioether (sulfide) groups is 1. The maximum Gasteiger partial charge on any atom is 0.138 e. The third-order valence-corrected chi connectivity index (χ3v) is 5.81. The highest BCUT2D eigenvalue weighted by Crippen LogP contribution is 2.29. The van der Waals surface area contributed by atoms with E-state index in [0.29, 0.717) is 6.10 Å². The molecule has 0 radical (unpaired) electrons. The highest BCUT2D eigenvalue weighted by atomic mass is 35.5. The van der Waals surface area contributed by atoms with E-state index in [1.807, 2.05) is 11.8 Å². The van der Waals surface area contributed by atoms with Gasteiger partial charge in [-0.1, -0.05) is 17.7 Å². The van der Waals surface area contributed by atoms with E-state index in [9.17, 15) is 0 Å². The Balaban J connectivity index is 1.52. The van der Waals surface area contributed by atoms with E-state index in [0.717, 1.165) is 62.1 Å². The van der Waals surface area contributed by atoms with Crippen molar-refractivity contribution in [2.45, 2.75) is 25.4 Å². The van der Waals surface area contributed by atoms with Crippen molar-refractivity contribution in [1.82, 2.24) is 10.2 Å². The Morgan fingerprint density at radius 2 is 2.18 bits per heavy atom. The van der Waals surface area contributed by atoms with E-state index in [4.69, 9.17) is 16.3 Å². The zero-order valence-corrected chi connectivity index (χ0v) is 14.6. The number of nitrogens with zero attached hydrogens (tertiary/aromatic N) is 1. The van der Waals surface area contributed by atoms with Crippen molar-refractivity contribution < 1.29 is 4.74 Å². The van der Waals surface area contributed by atoms with Crippen LogP contribution in [0, 0.1) is 0 Å². The molecule has 2 heterocycles. The quantitative estimate of drug-likeness (QED) is 0.890. The molecule has 2 aliphatic rings. The molecular weight excluding hydrogens is 316 g/mol. The van der Waals surface area contributed by atoms with E-state index in [2.05, 4.69) is 28.4 Å². The number of halogens is 1. The zero-order chi connectivity index (χ0) is 15.2. The van der Waals surface area contributed by atoms with E-state index in [-0.39, 0.29) is 0 Å². The molecule has 0 saturated carbocycles. The number of hydrogen-bond acceptors (Lipinski definition) is 4. The second kappa shape index (κ2) is 8.44. The van der Waals surface area contributed by atoms with Gasteiger partial charge in [-0.25, -0.2) is 0 Å². The number of hydrogen-bond donors (Lipinski definition) is 1. The maximum atomic E-state index is 6.41. The van der Waals surface area contributed by atoms with Crippen LogP contribution in [0.1, 0.15) is 18.4 Å². The molecule has 3 nitrogen and oxygen atoms in total. The SMILES string of the molecule is Clc1cc(CCN2CCNCC2)ccc1OC1CCCSC1. The van der Waals surface area contributed by atoms with E-state index < -0.39 is 0 Å². The molecule has 122 valence electrons. The summed E-state index contributed by atoms with van der Waals surface area (Å²) in [5, 5.41) is 4.14. The van der Waals surface area contributed by atoms with Gasteiger partial charge in [0.15, 0.2) is 0 Å². The van der Waals surface area contributed by atoms with Crippen molar-refractivity contribution in [2.24, 2.45) is 0 Å². The predicted octanol–water partition coefficient (Wildman–Crippen LogP) is 3.06. The lowest BCUT2D eigenvalue weighted by molar-refractivity contribution is 0.211. The smallest absolute Gasteiger partial charge is 0.138 e. The molecule has 22 heavy (non-hydrogen) atoms. The highest BCUT2D eigenvalue weighted by molar-refractivity contribution is 7.99. The fourth-order valence-electron chi connectivity index (χ4n) is 3.00. The molecule has 1 N–H and O–H groups in total. The molecule has 5 heteroatoms. The Hall–Kier alpha value is -0.420. The lowest BCUT2D eigenvalue weighted by Crippen LogP contribution is -2.44. The Morgan fingerprint density at radius 1 is 1.32 bits per heavy atom. The summed E-state index contributed by atoms with van der Waals surface area (Å²) in [5.41, 5.74) is 1.30. The molecule has 0 spiro atoms. The molecule has 1 aromatic carbocycles. The van der Waals surface area contributed by atoms with Gasteiger partial charge < -0.3 is 15.0 Å². The lowest BCUT2D eigenvalue weighted by Gasteiger charge is -2.27. The predicted molar refractivity (Wildman–Crippen MR) is 95.4 cm³/mol. The first-order valence-electron chi connectivity index (χ1n) is 8.27. The Labute approximate surface area is 142 Å². The molecule has 3 rings (SSSR count). The van der Waals surface area contributed by atoms with Gasteiger partial charge in [-0.3, -0.25) is 0 Å². The van der Waals surface area contributed by atoms with Crippen LogP contribution in [0.3, 0.4) is 0 Å². The molecule has 2 saturated heterocycles. The van der Waals surface area contributed by atoms with Gasteiger partial charge >= 0.3 is 0 Å². The topological polar surface area (TPSA) is 24.5 Å². The average Bonchev–Trinajstić information content (AvgIpc) is 2.57. The second-order valence-corrected chi connectivity index (χ2v) is 7.62. The lowest BCUT2D eigenvalue weighted by atomic mass is 10.1. The Bertz CT molecular complexity index is 474. The molecule has 0 amide bonds. The third-order valence-electron chi connectivity index (χ3n) is 4.33. The summed E-state index contributed by atoms with van der Waals surface area (Å²) in [6.45, 7) is 5.61. The highest BCUT2D eigenvalue weighted by Gasteiger charge is 2.17. The van der Waals surface area contributed by atoms with Crippen LogP contribution < -0.4 is 10.1 Å². The van der Waals surface area contributed by atoms with Crippen LogP contribution in [0.5, 0.6) is 5.75 Å². The standard InChI is InChI=1S/C17H25ClN2OS/c18-16-12-14(5-8-20-9-6-19-7-10-20)3-4-17(16)21-15-2-1-11-22-13-15/h3-4,12,15,19H,1-2,5-11,13H2. The van der Waals surface area contributed by atoms with Gasteiger partial charge in [-0.05, 0) is 42.7 Å². The monoisotopic (exact) mass is 340 g/mol. The summed E-state index contributed by atoms with van der Waals surface area (Å²) in [7, 11) is 0. The minimum atomic E-state index is 0.322. The van der Waals surface area contributed by atoms with Gasteiger partial charge in [-0.2, -0.15) is 11.8 Å². The minimum Gasteiger partial charge on any atom is -0.488 e. The summed E-state index contributed by atoms with van der Waals surface area (Å²) in [4.78, 5) is 2.51. The molecule has 1 atom stereocenters. The number of rotatable bonds is 5. The van der Waals surface area contributed by atoms with Gasteiger partial charge in [0.1, 0.15) is 11.9 Å². The van der Waals surface area contributed by atoms with Crippen molar-refractivity contribution in [1.29, 1.82) is 0 Å². The molecular formula is C17H25ClN2OS. The van der Waals surface area contributed by atoms with Gasteiger partial charge in [0.25, 0.3) is 0 Å². The van der Waals surface area contributed by atoms with Crippen LogP contribution in [0.15, 0.2) is 18.2 Å². The zero-order valence-electron chi connectivity index (χ0n) is 13.0. The van der Waals surface area contributed by atoms with Crippen molar-refractivity contribution in [3.8, 4) is 5.75 Å². The van der Waals surface area contributed by atoms with E-state index in [1.54, 1.807) is 0 Å². The Kier molecular flexibility index (Phi) is 6.30. The maximum absolute atomic E-state index is 6.41. The van der Waals surface area contributed by atoms with E-state index in [1.165, 1.54) is 17.7 Å². The van der Waals surface area contributed by atoms with Crippen LogP contribution in [-0.4, -0.2) is 55.2 Å². The molecule has 0 aromatic heterocycles. The molecule has 1 aromatic rings. The largest absolute Gasteiger partial charge is 0.488 e. The van der Waals surface area contributed by atoms with E-state index >= 15 is 0 Å². The number of benzene rings is 1. The van der Waals surface area contributed by atoms with Gasteiger partial charge in [0.2, 0.25) is 0 Å². The van der Waals surface area contributed by atoms with Crippen molar-refractivity contribution in [3.05, 3.63) is 28.8 Å². The normalized spacial score (nSPS) is 23.4. The molecule has 0 bridgehead atoms. The minimum absolute atomic E-state index is 0.322. The summed E-state index contributed by atoms with van der Waals surface area (Å²) < 4.78 is 6.06. The second-order valence-electron chi connectivity index (χ2n) is 6.06. The van der Waals surface area contributed by atoms with Gasteiger partial charge in [0, 0.05) is 38.5 Å². The fourth-order valence-corrected chi connectivity index (χ4v) is 4.28. The van der Waals surface area contributed by atoms with Crippen LogP contribution in [0.25, 0.3) is 0 Å². The summed E-state index contributed by atoms with van der Waals surface area (Å²) in [5.74, 6) is 3.19.